The van der Waals surface area contributed by atoms with Crippen LogP contribution in [0.25, 0.3) is 28.0 Å². The maximum atomic E-state index is 5.94. The van der Waals surface area contributed by atoms with Crippen LogP contribution in [0.2, 0.25) is 0 Å². The largest absolute Gasteiger partial charge is 0.491 e. The number of aromatic amines is 2. The van der Waals surface area contributed by atoms with Crippen LogP contribution in [-0.4, -0.2) is 62.7 Å². The monoisotopic (exact) mass is 682 g/mol. The van der Waals surface area contributed by atoms with Crippen LogP contribution < -0.4 is 9.47 Å². The van der Waals surface area contributed by atoms with Gasteiger partial charge in [-0.15, -0.1) is 10.2 Å². The van der Waals surface area contributed by atoms with Crippen LogP contribution >= 0.6 is 0 Å². The minimum Gasteiger partial charge on any atom is -0.491 e. The van der Waals surface area contributed by atoms with Crippen LogP contribution in [0.4, 0.5) is 0 Å². The summed E-state index contributed by atoms with van der Waals surface area (Å²) in [5.41, 5.74) is 5.49. The van der Waals surface area contributed by atoms with Crippen molar-refractivity contribution in [3.63, 3.8) is 0 Å². The molecule has 0 saturated heterocycles. The minimum absolute atomic E-state index is 0.607. The van der Waals surface area contributed by atoms with E-state index in [0.717, 1.165) is 53.1 Å². The zero-order chi connectivity index (χ0) is 34.6. The zero-order valence-corrected chi connectivity index (χ0v) is 29.9. The van der Waals surface area contributed by atoms with E-state index in [-0.39, 0.29) is 0 Å². The summed E-state index contributed by atoms with van der Waals surface area (Å²) in [6.07, 6.45) is 29.0. The Morgan fingerprint density at radius 2 is 1.28 bits per heavy atom. The van der Waals surface area contributed by atoms with E-state index in [9.17, 15) is 0 Å². The number of nitrogens with one attached hydrogen (secondary N) is 2. The van der Waals surface area contributed by atoms with E-state index in [1.807, 2.05) is 42.5 Å². The highest BCUT2D eigenvalue weighted by Gasteiger charge is 2.07. The van der Waals surface area contributed by atoms with Gasteiger partial charge < -0.3 is 19.4 Å². The number of aryl methyl sites for hydroxylation is 2. The molecule has 0 amide bonds. The smallest absolute Gasteiger partial charge is 0.255 e. The Kier molecular flexibility index (Phi) is 15.3. The minimum atomic E-state index is 0.607. The number of H-pyrrole nitrogens is 2. The molecule has 0 atom stereocenters. The average Bonchev–Trinajstić information content (AvgIpc) is 3.91. The number of ether oxygens (including phenoxy) is 2. The molecule has 0 saturated carbocycles. The number of imidazole rings is 2. The number of hydrogen-bond acceptors (Lipinski definition) is 9. The first-order valence-electron chi connectivity index (χ1n) is 18.6. The van der Waals surface area contributed by atoms with Gasteiger partial charge in [0, 0.05) is 11.4 Å². The summed E-state index contributed by atoms with van der Waals surface area (Å²) in [5.74, 6) is 2.17. The summed E-state index contributed by atoms with van der Waals surface area (Å²) in [6.45, 7) is 5.43. The molecular weight excluding hydrogens is 628 g/mol. The van der Waals surface area contributed by atoms with Crippen molar-refractivity contribution < 1.29 is 9.47 Å². The van der Waals surface area contributed by atoms with Crippen LogP contribution in [0, 0.1) is 13.8 Å². The molecule has 12 heteroatoms. The first-order chi connectivity index (χ1) is 24.7. The first-order valence-corrected chi connectivity index (χ1v) is 18.6. The molecule has 6 rings (SSSR count). The second kappa shape index (κ2) is 20.8. The molecule has 5 aromatic heterocycles. The standard InChI is InChI=1S/C31H46N6O2.C7H8N4/c1(2-4-6-8-10-12-14-16-21-38-27-20-18-19-26-28(27)33-23-32-26)3-5-7-9-11-13-15-17-22-39-31-29-30(35-24-34-29)36-25-37-31;1-5-3-6(2)11-4-8-10-7(11)9-5/h18-20,23-25H,1-17,21-22H2,(H,32,33)(H,34,35,36,37);3-4H,1-2H3. The number of para-hydroxylation sites is 1. The van der Waals surface area contributed by atoms with E-state index < -0.39 is 0 Å². The van der Waals surface area contributed by atoms with Gasteiger partial charge in [-0.3, -0.25) is 4.40 Å². The zero-order valence-electron chi connectivity index (χ0n) is 29.9. The number of unbranched alkanes of at least 4 members (excludes halogenated alkanes) is 16. The lowest BCUT2D eigenvalue weighted by atomic mass is 10.0. The average molecular weight is 683 g/mol. The number of nitrogens with zero attached hydrogens (tertiary/aromatic N) is 8. The molecule has 50 heavy (non-hydrogen) atoms. The van der Waals surface area contributed by atoms with Crippen LogP contribution in [-0.2, 0) is 0 Å². The second-order valence-corrected chi connectivity index (χ2v) is 13.1. The molecule has 0 radical (unpaired) electrons. The van der Waals surface area contributed by atoms with Gasteiger partial charge in [0.25, 0.3) is 5.78 Å². The molecule has 0 spiro atoms. The Morgan fingerprint density at radius 3 is 1.96 bits per heavy atom. The Balaban J connectivity index is 0.000000371. The molecule has 1 aromatic carbocycles. The number of benzene rings is 1. The van der Waals surface area contributed by atoms with Gasteiger partial charge in [0.05, 0.1) is 31.4 Å². The van der Waals surface area contributed by atoms with Crippen molar-refractivity contribution in [2.24, 2.45) is 0 Å². The Labute approximate surface area is 295 Å². The van der Waals surface area contributed by atoms with Gasteiger partial charge in [-0.2, -0.15) is 4.98 Å². The van der Waals surface area contributed by atoms with Crippen LogP contribution in [0.3, 0.4) is 0 Å². The first kappa shape index (κ1) is 36.7. The topological polar surface area (TPSA) is 145 Å². The fourth-order valence-electron chi connectivity index (χ4n) is 6.23. The lowest BCUT2D eigenvalue weighted by Gasteiger charge is -2.07. The summed E-state index contributed by atoms with van der Waals surface area (Å²) in [7, 11) is 0. The number of fused-ring (bicyclic) bond motifs is 3. The predicted octanol–water partition coefficient (Wildman–Crippen LogP) is 9.06. The maximum absolute atomic E-state index is 5.94. The number of rotatable bonds is 22. The van der Waals surface area contributed by atoms with Crippen molar-refractivity contribution >= 4 is 28.0 Å². The summed E-state index contributed by atoms with van der Waals surface area (Å²) < 4.78 is 13.6. The molecule has 0 aliphatic rings. The molecule has 0 fully saturated rings. The van der Waals surface area contributed by atoms with E-state index in [4.69, 9.17) is 9.47 Å². The van der Waals surface area contributed by atoms with Gasteiger partial charge >= 0.3 is 0 Å². The van der Waals surface area contributed by atoms with Crippen molar-refractivity contribution in [3.8, 4) is 11.6 Å². The molecule has 0 aliphatic heterocycles. The quantitative estimate of drug-likeness (QED) is 0.0670. The van der Waals surface area contributed by atoms with Crippen molar-refractivity contribution in [2.45, 2.75) is 123 Å². The molecule has 6 aromatic rings. The van der Waals surface area contributed by atoms with Gasteiger partial charge in [-0.05, 0) is 44.9 Å². The molecule has 0 unspecified atom stereocenters. The molecule has 268 valence electrons. The highest BCUT2D eigenvalue weighted by molar-refractivity contribution is 5.81. The highest BCUT2D eigenvalue weighted by Crippen LogP contribution is 2.23. The van der Waals surface area contributed by atoms with Crippen LogP contribution in [0.15, 0.2) is 49.6 Å². The molecule has 0 bridgehead atoms. The van der Waals surface area contributed by atoms with Crippen molar-refractivity contribution in [3.05, 3.63) is 61.0 Å². The molecule has 0 aliphatic carbocycles. The van der Waals surface area contributed by atoms with Gasteiger partial charge in [-0.25, -0.2) is 19.9 Å². The van der Waals surface area contributed by atoms with Crippen molar-refractivity contribution in [2.75, 3.05) is 13.2 Å². The summed E-state index contributed by atoms with van der Waals surface area (Å²) in [5, 5.41) is 7.60. The van der Waals surface area contributed by atoms with E-state index in [2.05, 4.69) is 45.1 Å². The van der Waals surface area contributed by atoms with E-state index in [1.165, 1.54) is 103 Å². The second-order valence-electron chi connectivity index (χ2n) is 13.1. The molecule has 12 nitrogen and oxygen atoms in total. The lowest BCUT2D eigenvalue weighted by molar-refractivity contribution is 0.296. The maximum Gasteiger partial charge on any atom is 0.255 e. The normalized spacial score (nSPS) is 11.3. The Hall–Kier alpha value is -4.61. The number of aromatic nitrogens is 10. The summed E-state index contributed by atoms with van der Waals surface area (Å²) in [4.78, 5) is 27.1. The fraction of sp³-hybridized carbons (Fsp3) is 0.553. The van der Waals surface area contributed by atoms with Crippen LogP contribution in [0.5, 0.6) is 11.6 Å². The molecular formula is C38H54N10O2. The molecule has 5 heterocycles. The van der Waals surface area contributed by atoms with Crippen LogP contribution in [0.1, 0.15) is 121 Å². The van der Waals surface area contributed by atoms with E-state index >= 15 is 0 Å². The van der Waals surface area contributed by atoms with E-state index in [1.54, 1.807) is 19.0 Å². The van der Waals surface area contributed by atoms with Gasteiger partial charge in [0.2, 0.25) is 5.88 Å². The number of hydrogen-bond donors (Lipinski definition) is 2. The molecule has 2 N–H and O–H groups in total. The summed E-state index contributed by atoms with van der Waals surface area (Å²) >= 11 is 0. The van der Waals surface area contributed by atoms with E-state index in [0.29, 0.717) is 23.9 Å². The van der Waals surface area contributed by atoms with Gasteiger partial charge in [0.15, 0.2) is 5.65 Å². The third kappa shape index (κ3) is 11.8. The lowest BCUT2D eigenvalue weighted by Crippen LogP contribution is -2.00. The van der Waals surface area contributed by atoms with Gasteiger partial charge in [0.1, 0.15) is 29.4 Å². The SMILES string of the molecule is Cc1cc(C)n2cnnc2n1.c1cc(OCCCCCCCCCCCCCCCCCCCOc2ncnc3nc[nH]c23)c2nc[nH]c2c1. The van der Waals surface area contributed by atoms with Crippen molar-refractivity contribution in [1.82, 2.24) is 49.5 Å². The highest BCUT2D eigenvalue weighted by atomic mass is 16.5. The third-order valence-corrected chi connectivity index (χ3v) is 8.99. The Bertz CT molecular complexity index is 1720. The summed E-state index contributed by atoms with van der Waals surface area (Å²) in [6, 6.07) is 8.04. The predicted molar refractivity (Wildman–Crippen MR) is 198 cm³/mol. The Morgan fingerprint density at radius 1 is 0.660 bits per heavy atom. The van der Waals surface area contributed by atoms with Crippen molar-refractivity contribution in [1.29, 1.82) is 0 Å². The van der Waals surface area contributed by atoms with Gasteiger partial charge in [-0.1, -0.05) is 102 Å². The fourth-order valence-corrected chi connectivity index (χ4v) is 6.23. The third-order valence-electron chi connectivity index (χ3n) is 8.99.